The Morgan fingerprint density at radius 1 is 0.364 bits per heavy atom. The molecule has 0 aromatic heterocycles. The lowest BCUT2D eigenvalue weighted by Crippen LogP contribution is -2.22. The van der Waals surface area contributed by atoms with Gasteiger partial charge >= 0.3 is 0 Å². The summed E-state index contributed by atoms with van der Waals surface area (Å²) < 4.78 is 26.9. The molecule has 220 valence electrons. The van der Waals surface area contributed by atoms with E-state index in [-0.39, 0.29) is 24.4 Å². The molecule has 0 unspecified atom stereocenters. The smallest absolute Gasteiger partial charge is 0.128 e. The molecule has 6 aromatic rings. The second-order valence-electron chi connectivity index (χ2n) is 12.5. The van der Waals surface area contributed by atoms with Crippen LogP contribution in [0.5, 0.6) is 23.0 Å². The van der Waals surface area contributed by atoms with Crippen molar-refractivity contribution in [2.24, 2.45) is 0 Å². The summed E-state index contributed by atoms with van der Waals surface area (Å²) in [5.41, 5.74) is 4.21. The van der Waals surface area contributed by atoms with Gasteiger partial charge < -0.3 is 18.9 Å². The standard InChI is InChI=1S/C40H36O4/c1-23-21-25(3)43-35-19-15-32-31(39(35)37-29-11-7-5-9-27(29)13-17-33(37)41-23)16-20-36-40(32)38-30-12-8-6-10-28(30)14-18-34(38)42-24(2)22-26(4)44-36/h5-20,23-26H,21-22H2,1-4H3/t23-,24-,25-,26-/m0/s1. The van der Waals surface area contributed by atoms with Gasteiger partial charge in [0.1, 0.15) is 23.0 Å². The highest BCUT2D eigenvalue weighted by molar-refractivity contribution is 6.16. The first-order chi connectivity index (χ1) is 21.4. The number of rotatable bonds is 0. The van der Waals surface area contributed by atoms with Crippen LogP contribution in [0, 0.1) is 0 Å². The summed E-state index contributed by atoms with van der Waals surface area (Å²) in [5.74, 6) is 3.47. The van der Waals surface area contributed by atoms with Crippen LogP contribution in [0.15, 0.2) is 97.1 Å². The van der Waals surface area contributed by atoms with Crippen LogP contribution in [0.25, 0.3) is 54.6 Å². The second-order valence-corrected chi connectivity index (χ2v) is 12.5. The van der Waals surface area contributed by atoms with E-state index >= 15 is 0 Å². The van der Waals surface area contributed by atoms with E-state index in [1.54, 1.807) is 0 Å². The summed E-state index contributed by atoms with van der Waals surface area (Å²) in [7, 11) is 0. The Morgan fingerprint density at radius 2 is 0.682 bits per heavy atom. The van der Waals surface area contributed by atoms with E-state index in [0.717, 1.165) is 90.4 Å². The third-order valence-electron chi connectivity index (χ3n) is 9.05. The molecular formula is C40H36O4. The molecule has 4 heteroatoms. The van der Waals surface area contributed by atoms with Crippen molar-refractivity contribution in [1.82, 2.24) is 0 Å². The predicted octanol–water partition coefficient (Wildman–Crippen LogP) is 10.4. The maximum atomic E-state index is 6.74. The second kappa shape index (κ2) is 10.5. The van der Waals surface area contributed by atoms with Crippen molar-refractivity contribution < 1.29 is 18.9 Å². The molecule has 0 N–H and O–H groups in total. The maximum Gasteiger partial charge on any atom is 0.128 e. The highest BCUT2D eigenvalue weighted by Gasteiger charge is 2.28. The Hall–Kier alpha value is -4.70. The topological polar surface area (TPSA) is 36.9 Å². The van der Waals surface area contributed by atoms with Crippen LogP contribution in [0.3, 0.4) is 0 Å². The summed E-state index contributed by atoms with van der Waals surface area (Å²) in [6.45, 7) is 8.50. The summed E-state index contributed by atoms with van der Waals surface area (Å²) in [6.07, 6.45) is 1.54. The van der Waals surface area contributed by atoms with Gasteiger partial charge in [-0.05, 0) is 96.4 Å². The molecule has 2 aliphatic rings. The highest BCUT2D eigenvalue weighted by atomic mass is 16.5. The molecular weight excluding hydrogens is 544 g/mol. The van der Waals surface area contributed by atoms with Gasteiger partial charge in [-0.25, -0.2) is 0 Å². The first-order valence-electron chi connectivity index (χ1n) is 15.7. The molecule has 0 radical (unpaired) electrons. The average Bonchev–Trinajstić information content (AvgIpc) is 3.10. The minimum absolute atomic E-state index is 0.00141. The number of benzene rings is 6. The number of hydrogen-bond donors (Lipinski definition) is 0. The molecule has 2 aliphatic heterocycles. The van der Waals surface area contributed by atoms with E-state index in [4.69, 9.17) is 18.9 Å². The fraction of sp³-hybridized carbons (Fsp3) is 0.250. The first kappa shape index (κ1) is 26.9. The fourth-order valence-electron chi connectivity index (χ4n) is 7.29. The third kappa shape index (κ3) is 4.43. The average molecular weight is 581 g/mol. The van der Waals surface area contributed by atoms with Crippen molar-refractivity contribution >= 4 is 32.3 Å². The molecule has 44 heavy (non-hydrogen) atoms. The molecule has 2 heterocycles. The van der Waals surface area contributed by atoms with E-state index in [2.05, 4.69) is 125 Å². The molecule has 8 rings (SSSR count). The minimum Gasteiger partial charge on any atom is -0.490 e. The van der Waals surface area contributed by atoms with Gasteiger partial charge in [-0.2, -0.15) is 0 Å². The molecule has 6 aromatic carbocycles. The van der Waals surface area contributed by atoms with Gasteiger partial charge in [0.25, 0.3) is 0 Å². The first-order valence-corrected chi connectivity index (χ1v) is 15.7. The summed E-state index contributed by atoms with van der Waals surface area (Å²) in [4.78, 5) is 0. The van der Waals surface area contributed by atoms with Gasteiger partial charge in [0.2, 0.25) is 0 Å². The lowest BCUT2D eigenvalue weighted by Gasteiger charge is -2.22. The zero-order chi connectivity index (χ0) is 29.9. The largest absolute Gasteiger partial charge is 0.490 e. The SMILES string of the molecule is C[C@H]1C[C@H](C)Oc2ccc3c4c(ccc3c2-c2c(ccc3ccccc23)O1)O[C@@H](C)C[C@H](C)Oc1ccc2ccccc2c1-4. The van der Waals surface area contributed by atoms with Crippen LogP contribution in [-0.4, -0.2) is 24.4 Å². The molecule has 0 aliphatic carbocycles. The van der Waals surface area contributed by atoms with Crippen molar-refractivity contribution in [3.05, 3.63) is 97.1 Å². The van der Waals surface area contributed by atoms with Crippen molar-refractivity contribution in [3.8, 4) is 45.3 Å². The van der Waals surface area contributed by atoms with Crippen LogP contribution < -0.4 is 18.9 Å². The van der Waals surface area contributed by atoms with Crippen molar-refractivity contribution in [3.63, 3.8) is 0 Å². The predicted molar refractivity (Wildman–Crippen MR) is 179 cm³/mol. The molecule has 0 fully saturated rings. The third-order valence-corrected chi connectivity index (χ3v) is 9.05. The Kier molecular flexibility index (Phi) is 6.41. The quantitative estimate of drug-likeness (QED) is 0.179. The van der Waals surface area contributed by atoms with Gasteiger partial charge in [0.05, 0.1) is 24.4 Å². The van der Waals surface area contributed by atoms with E-state index in [1.807, 2.05) is 0 Å². The molecule has 0 amide bonds. The molecule has 0 spiro atoms. The molecule has 0 saturated carbocycles. The van der Waals surface area contributed by atoms with E-state index < -0.39 is 0 Å². The van der Waals surface area contributed by atoms with Gasteiger partial charge in [-0.15, -0.1) is 0 Å². The van der Waals surface area contributed by atoms with Crippen LogP contribution in [0.2, 0.25) is 0 Å². The Bertz CT molecular complexity index is 1910. The Balaban J connectivity index is 1.53. The van der Waals surface area contributed by atoms with Crippen molar-refractivity contribution in [2.45, 2.75) is 65.0 Å². The lowest BCUT2D eigenvalue weighted by molar-refractivity contribution is 0.134. The monoisotopic (exact) mass is 580 g/mol. The zero-order valence-corrected chi connectivity index (χ0v) is 25.6. The zero-order valence-electron chi connectivity index (χ0n) is 25.6. The van der Waals surface area contributed by atoms with Gasteiger partial charge in [-0.3, -0.25) is 0 Å². The van der Waals surface area contributed by atoms with E-state index in [0.29, 0.717) is 0 Å². The molecule has 4 nitrogen and oxygen atoms in total. The van der Waals surface area contributed by atoms with E-state index in [1.165, 1.54) is 0 Å². The van der Waals surface area contributed by atoms with Gasteiger partial charge in [0, 0.05) is 35.1 Å². The maximum absolute atomic E-state index is 6.74. The van der Waals surface area contributed by atoms with Gasteiger partial charge in [0.15, 0.2) is 0 Å². The summed E-state index contributed by atoms with van der Waals surface area (Å²) >= 11 is 0. The number of hydrogen-bond acceptors (Lipinski definition) is 4. The minimum atomic E-state index is -0.0154. The fourth-order valence-corrected chi connectivity index (χ4v) is 7.29. The van der Waals surface area contributed by atoms with Crippen LogP contribution in [0.4, 0.5) is 0 Å². The van der Waals surface area contributed by atoms with Crippen LogP contribution >= 0.6 is 0 Å². The summed E-state index contributed by atoms with van der Waals surface area (Å²) in [6, 6.07) is 34.3. The molecule has 0 saturated heterocycles. The van der Waals surface area contributed by atoms with Crippen molar-refractivity contribution in [1.29, 1.82) is 0 Å². The Morgan fingerprint density at radius 3 is 1.07 bits per heavy atom. The normalized spacial score (nSPS) is 21.3. The Labute approximate surface area is 258 Å². The number of ether oxygens (including phenoxy) is 4. The van der Waals surface area contributed by atoms with Gasteiger partial charge in [-0.1, -0.05) is 60.7 Å². The van der Waals surface area contributed by atoms with E-state index in [9.17, 15) is 0 Å². The van der Waals surface area contributed by atoms with Crippen molar-refractivity contribution in [2.75, 3.05) is 0 Å². The molecule has 0 bridgehead atoms. The summed E-state index contributed by atoms with van der Waals surface area (Å²) in [5, 5.41) is 6.78. The number of fused-ring (bicyclic) bond motifs is 13. The lowest BCUT2D eigenvalue weighted by atomic mass is 9.87. The molecule has 4 atom stereocenters. The van der Waals surface area contributed by atoms with Crippen LogP contribution in [-0.2, 0) is 0 Å². The van der Waals surface area contributed by atoms with Crippen LogP contribution in [0.1, 0.15) is 40.5 Å². The highest BCUT2D eigenvalue weighted by Crippen LogP contribution is 2.52.